The first-order valence-electron chi connectivity index (χ1n) is 17.0. The van der Waals surface area contributed by atoms with E-state index in [0.717, 1.165) is 83.1 Å². The lowest BCUT2D eigenvalue weighted by Crippen LogP contribution is -2.45. The van der Waals surface area contributed by atoms with E-state index in [9.17, 15) is 4.79 Å². The highest BCUT2D eigenvalue weighted by Crippen LogP contribution is 2.38. The van der Waals surface area contributed by atoms with E-state index < -0.39 is 5.60 Å². The zero-order chi connectivity index (χ0) is 36.6. The molecule has 3 heterocycles. The Morgan fingerprint density at radius 2 is 1.76 bits per heavy atom. The summed E-state index contributed by atoms with van der Waals surface area (Å²) in [5, 5.41) is 14.3. The lowest BCUT2D eigenvalue weighted by atomic mass is 9.93. The maximum Gasteiger partial charge on any atom is 0.310 e. The number of methoxy groups -OCH3 is 1. The molecule has 0 saturated carbocycles. The Morgan fingerprint density at radius 1 is 1.08 bits per heavy atom. The third kappa shape index (κ3) is 9.96. The van der Waals surface area contributed by atoms with E-state index in [-0.39, 0.29) is 18.0 Å². The van der Waals surface area contributed by atoms with Crippen molar-refractivity contribution in [2.45, 2.75) is 78.4 Å². The fraction of sp³-hybridized carbons (Fsp3) is 0.425. The van der Waals surface area contributed by atoms with Crippen molar-refractivity contribution >= 4 is 29.0 Å². The van der Waals surface area contributed by atoms with Crippen LogP contribution >= 0.6 is 11.6 Å². The molecule has 5 rings (SSSR count). The van der Waals surface area contributed by atoms with Gasteiger partial charge in [0.1, 0.15) is 11.6 Å². The van der Waals surface area contributed by atoms with E-state index in [1.54, 1.807) is 26.8 Å². The molecule has 0 unspecified atom stereocenters. The number of nitrogens with zero attached hydrogens (tertiary/aromatic N) is 4. The minimum atomic E-state index is -0.500. The summed E-state index contributed by atoms with van der Waals surface area (Å²) < 4.78 is 19.1. The molecule has 1 aliphatic heterocycles. The number of piperidine rings is 1. The number of halogens is 1. The van der Waals surface area contributed by atoms with Gasteiger partial charge >= 0.3 is 5.97 Å². The number of hydrogen-bond donors (Lipinski definition) is 1. The van der Waals surface area contributed by atoms with Gasteiger partial charge in [0.25, 0.3) is 0 Å². The number of rotatable bonds is 12. The number of carbonyl (C=O) groups excluding carboxylic acids is 1. The number of esters is 1. The number of anilines is 1. The van der Waals surface area contributed by atoms with Crippen LogP contribution < -0.4 is 9.64 Å². The molecular weight excluding hydrogens is 652 g/mol. The first-order chi connectivity index (χ1) is 23.7. The minimum Gasteiger partial charge on any atom is -0.493 e. The van der Waals surface area contributed by atoms with Crippen LogP contribution in [0.25, 0.3) is 28.0 Å². The Balaban J connectivity index is 0.00000105. The zero-order valence-electron chi connectivity index (χ0n) is 30.5. The summed E-state index contributed by atoms with van der Waals surface area (Å²) in [7, 11) is 1.41. The molecule has 1 N–H and O–H groups in total. The van der Waals surface area contributed by atoms with Gasteiger partial charge in [-0.25, -0.2) is 4.98 Å². The summed E-state index contributed by atoms with van der Waals surface area (Å²) in [6.07, 6.45) is 6.12. The topological polar surface area (TPSA) is 98.4 Å². The molecule has 1 aliphatic rings. The minimum absolute atomic E-state index is 0.108. The van der Waals surface area contributed by atoms with E-state index in [0.29, 0.717) is 23.9 Å². The lowest BCUT2D eigenvalue weighted by Gasteiger charge is -2.40. The highest BCUT2D eigenvalue weighted by Gasteiger charge is 2.33. The summed E-state index contributed by atoms with van der Waals surface area (Å²) in [5.41, 5.74) is 6.18. The van der Waals surface area contributed by atoms with Crippen LogP contribution in [0.3, 0.4) is 0 Å². The van der Waals surface area contributed by atoms with Crippen LogP contribution in [0.2, 0.25) is 5.02 Å². The predicted octanol–water partition coefficient (Wildman–Crippen LogP) is 8.34. The molecule has 50 heavy (non-hydrogen) atoms. The standard InChI is InChI=1S/C36H41ClN4O4.C4H10O/c1-7-9-18-44-32-22-30(37)24(3)19-29(32)26-11-10-12-27(20-26)31-23-33-38-25(4)28(21-34(42)43-6)35(41(33)39-31)40-15-13-36(5,14-16-40)45-17-8-2;1-4(2,3)5/h7-8,10-12,19-20,22-23H,1-2,9,13-18,21H2,3-6H3;5H,1-3H3. The third-order valence-corrected chi connectivity index (χ3v) is 8.82. The Bertz CT molecular complexity index is 1810. The monoisotopic (exact) mass is 702 g/mol. The molecule has 2 aromatic heterocycles. The second-order valence-corrected chi connectivity index (χ2v) is 14.3. The summed E-state index contributed by atoms with van der Waals surface area (Å²) in [5.74, 6) is 1.27. The molecule has 1 fully saturated rings. The van der Waals surface area contributed by atoms with Crippen molar-refractivity contribution in [3.63, 3.8) is 0 Å². The number of ether oxygens (including phenoxy) is 3. The van der Waals surface area contributed by atoms with Gasteiger partial charge in [0.15, 0.2) is 5.65 Å². The highest BCUT2D eigenvalue weighted by molar-refractivity contribution is 6.31. The number of aliphatic hydroxyl groups is 1. The summed E-state index contributed by atoms with van der Waals surface area (Å²) in [6, 6.07) is 14.1. The lowest BCUT2D eigenvalue weighted by molar-refractivity contribution is -0.139. The van der Waals surface area contributed by atoms with Crippen LogP contribution in [0.1, 0.15) is 63.8 Å². The van der Waals surface area contributed by atoms with E-state index >= 15 is 0 Å². The molecule has 0 radical (unpaired) electrons. The normalized spacial score (nSPS) is 14.1. The van der Waals surface area contributed by atoms with Crippen molar-refractivity contribution in [2.24, 2.45) is 0 Å². The highest BCUT2D eigenvalue weighted by atomic mass is 35.5. The van der Waals surface area contributed by atoms with Gasteiger partial charge in [-0.3, -0.25) is 4.79 Å². The van der Waals surface area contributed by atoms with E-state index in [1.165, 1.54) is 7.11 Å². The van der Waals surface area contributed by atoms with Crippen molar-refractivity contribution in [2.75, 3.05) is 38.3 Å². The molecular formula is C40H51ClN4O5. The summed E-state index contributed by atoms with van der Waals surface area (Å²) >= 11 is 6.48. The fourth-order valence-electron chi connectivity index (χ4n) is 5.73. The maximum atomic E-state index is 12.5. The molecule has 0 aliphatic carbocycles. The second kappa shape index (κ2) is 16.7. The molecule has 0 bridgehead atoms. The number of fused-ring (bicyclic) bond motifs is 1. The number of carbonyl (C=O) groups is 1. The van der Waals surface area contributed by atoms with Crippen molar-refractivity contribution in [3.05, 3.63) is 89.6 Å². The SMILES string of the molecule is C=CCCOc1cc(Cl)c(C)cc1-c1cccc(-c2cc3nc(C)c(CC(=O)OC)c(N4CCC(C)(OCC=C)CC4)n3n2)c1.CC(C)(C)O. The van der Waals surface area contributed by atoms with Gasteiger partial charge in [0.05, 0.1) is 43.6 Å². The summed E-state index contributed by atoms with van der Waals surface area (Å²) in [6.45, 7) is 21.4. The van der Waals surface area contributed by atoms with Crippen LogP contribution in [0, 0.1) is 13.8 Å². The van der Waals surface area contributed by atoms with Crippen LogP contribution in [0.15, 0.2) is 67.8 Å². The Hall–Kier alpha value is -4.18. The third-order valence-electron chi connectivity index (χ3n) is 8.41. The van der Waals surface area contributed by atoms with E-state index in [2.05, 4.69) is 43.2 Å². The van der Waals surface area contributed by atoms with E-state index in [4.69, 9.17) is 41.0 Å². The van der Waals surface area contributed by atoms with Crippen LogP contribution in [-0.4, -0.2) is 70.3 Å². The first-order valence-corrected chi connectivity index (χ1v) is 17.4. The number of hydrogen-bond acceptors (Lipinski definition) is 8. The molecule has 9 nitrogen and oxygen atoms in total. The van der Waals surface area contributed by atoms with Gasteiger partial charge < -0.3 is 24.2 Å². The van der Waals surface area contributed by atoms with Gasteiger partial charge in [-0.1, -0.05) is 42.0 Å². The average Bonchev–Trinajstić information content (AvgIpc) is 3.49. The van der Waals surface area contributed by atoms with Gasteiger partial charge in [0.2, 0.25) is 0 Å². The number of aryl methyl sites for hydroxylation is 2. The molecule has 268 valence electrons. The van der Waals surface area contributed by atoms with Crippen LogP contribution in [0.4, 0.5) is 5.82 Å². The Morgan fingerprint density at radius 3 is 2.40 bits per heavy atom. The van der Waals surface area contributed by atoms with Crippen molar-refractivity contribution in [3.8, 4) is 28.1 Å². The molecule has 0 atom stereocenters. The molecule has 0 spiro atoms. The van der Waals surface area contributed by atoms with Gasteiger partial charge in [-0.15, -0.1) is 13.2 Å². The Kier molecular flexibility index (Phi) is 12.9. The zero-order valence-corrected chi connectivity index (χ0v) is 31.3. The smallest absolute Gasteiger partial charge is 0.310 e. The molecule has 10 heteroatoms. The van der Waals surface area contributed by atoms with Gasteiger partial charge in [-0.05, 0) is 90.1 Å². The first kappa shape index (κ1) is 38.6. The summed E-state index contributed by atoms with van der Waals surface area (Å²) in [4.78, 5) is 19.7. The van der Waals surface area contributed by atoms with Gasteiger partial charge in [-0.2, -0.15) is 9.61 Å². The molecule has 4 aromatic rings. The number of aromatic nitrogens is 3. The van der Waals surface area contributed by atoms with Crippen molar-refractivity contribution in [1.29, 1.82) is 0 Å². The Labute approximate surface area is 301 Å². The molecule has 1 saturated heterocycles. The van der Waals surface area contributed by atoms with Crippen molar-refractivity contribution in [1.82, 2.24) is 14.6 Å². The molecule has 0 amide bonds. The maximum absolute atomic E-state index is 12.5. The van der Waals surface area contributed by atoms with Crippen molar-refractivity contribution < 1.29 is 24.1 Å². The van der Waals surface area contributed by atoms with Gasteiger partial charge in [0, 0.05) is 46.6 Å². The average molecular weight is 703 g/mol. The van der Waals surface area contributed by atoms with E-state index in [1.807, 2.05) is 48.7 Å². The van der Waals surface area contributed by atoms with Crippen LogP contribution in [-0.2, 0) is 20.7 Å². The fourth-order valence-corrected chi connectivity index (χ4v) is 5.88. The van der Waals surface area contributed by atoms with Crippen LogP contribution in [0.5, 0.6) is 5.75 Å². The second-order valence-electron chi connectivity index (χ2n) is 13.9. The predicted molar refractivity (Wildman–Crippen MR) is 202 cm³/mol. The quantitative estimate of drug-likeness (QED) is 0.0894. The number of benzene rings is 2. The largest absolute Gasteiger partial charge is 0.493 e. The molecule has 2 aromatic carbocycles.